The van der Waals surface area contributed by atoms with Gasteiger partial charge in [0.2, 0.25) is 0 Å². The van der Waals surface area contributed by atoms with Gasteiger partial charge in [0.05, 0.1) is 11.2 Å². The molecule has 3 aliphatic rings. The van der Waals surface area contributed by atoms with Crippen molar-refractivity contribution >= 4 is 23.3 Å². The molecule has 1 heterocycles. The van der Waals surface area contributed by atoms with Crippen molar-refractivity contribution in [3.8, 4) is 17.6 Å². The predicted octanol–water partition coefficient (Wildman–Crippen LogP) is 3.51. The highest BCUT2D eigenvalue weighted by atomic mass is 35.5. The summed E-state index contributed by atoms with van der Waals surface area (Å²) in [4.78, 5) is 28.5. The van der Waals surface area contributed by atoms with Crippen LogP contribution in [0.5, 0.6) is 11.5 Å². The first-order chi connectivity index (χ1) is 15.2. The molecule has 1 aromatic heterocycles. The van der Waals surface area contributed by atoms with Crippen LogP contribution in [0.25, 0.3) is 0 Å². The van der Waals surface area contributed by atoms with E-state index in [9.17, 15) is 14.0 Å². The minimum Gasteiger partial charge on any atom is -0.486 e. The second kappa shape index (κ2) is 8.40. The van der Waals surface area contributed by atoms with Gasteiger partial charge in [-0.05, 0) is 55.4 Å². The first kappa shape index (κ1) is 22.0. The van der Waals surface area contributed by atoms with Gasteiger partial charge in [-0.1, -0.05) is 11.6 Å². The molecule has 0 spiro atoms. The van der Waals surface area contributed by atoms with Crippen LogP contribution in [0.1, 0.15) is 36.9 Å². The summed E-state index contributed by atoms with van der Waals surface area (Å²) in [6.07, 6.45) is 4.01. The van der Waals surface area contributed by atoms with E-state index in [1.165, 1.54) is 18.3 Å². The molecule has 3 saturated carbocycles. The molecule has 166 valence electrons. The van der Waals surface area contributed by atoms with Gasteiger partial charge < -0.3 is 14.8 Å². The van der Waals surface area contributed by atoms with Crippen molar-refractivity contribution < 1.29 is 23.5 Å². The van der Waals surface area contributed by atoms with E-state index in [4.69, 9.17) is 26.3 Å². The SMILES string of the molecule is Cc1cc(OCC(=O)NC23CC(CC(=O)COc4ccc(Cl)c(F)c4)(C2)C3)cnc1C#N. The summed E-state index contributed by atoms with van der Waals surface area (Å²) >= 11 is 5.63. The molecule has 3 aliphatic carbocycles. The summed E-state index contributed by atoms with van der Waals surface area (Å²) in [7, 11) is 0. The predicted molar refractivity (Wildman–Crippen MR) is 113 cm³/mol. The smallest absolute Gasteiger partial charge is 0.258 e. The molecule has 2 bridgehead atoms. The third-order valence-electron chi connectivity index (χ3n) is 5.94. The molecular weight excluding hydrogens is 437 g/mol. The summed E-state index contributed by atoms with van der Waals surface area (Å²) in [6.45, 7) is 1.47. The summed E-state index contributed by atoms with van der Waals surface area (Å²) in [5.74, 6) is -0.207. The molecule has 1 N–H and O–H groups in total. The van der Waals surface area contributed by atoms with E-state index in [2.05, 4.69) is 10.3 Å². The summed E-state index contributed by atoms with van der Waals surface area (Å²) in [5.41, 5.74) is 0.649. The number of rotatable bonds is 9. The number of carbonyl (C=O) groups excluding carboxylic acids is 2. The van der Waals surface area contributed by atoms with Crippen LogP contribution in [0.3, 0.4) is 0 Å². The van der Waals surface area contributed by atoms with E-state index in [1.807, 2.05) is 6.07 Å². The first-order valence-corrected chi connectivity index (χ1v) is 10.5. The summed E-state index contributed by atoms with van der Waals surface area (Å²) < 4.78 is 24.3. The Labute approximate surface area is 189 Å². The van der Waals surface area contributed by atoms with Gasteiger partial charge in [0.25, 0.3) is 5.91 Å². The maximum Gasteiger partial charge on any atom is 0.258 e. The Morgan fingerprint density at radius 1 is 1.22 bits per heavy atom. The van der Waals surface area contributed by atoms with Crippen LogP contribution in [0.15, 0.2) is 30.5 Å². The molecule has 0 atom stereocenters. The fourth-order valence-corrected chi connectivity index (χ4v) is 4.86. The van der Waals surface area contributed by atoms with Crippen LogP contribution in [-0.4, -0.2) is 35.4 Å². The van der Waals surface area contributed by atoms with Crippen LogP contribution < -0.4 is 14.8 Å². The Balaban J connectivity index is 1.18. The molecule has 0 saturated heterocycles. The molecule has 5 rings (SSSR count). The van der Waals surface area contributed by atoms with Gasteiger partial charge in [0, 0.05) is 18.0 Å². The van der Waals surface area contributed by atoms with Crippen molar-refractivity contribution in [3.63, 3.8) is 0 Å². The highest BCUT2D eigenvalue weighted by Crippen LogP contribution is 2.68. The van der Waals surface area contributed by atoms with Crippen molar-refractivity contribution in [2.24, 2.45) is 5.41 Å². The standard InChI is InChI=1S/C23H21ClFN3O4/c1-14-4-17(8-27-20(14)7-26)32-10-21(30)28-23-11-22(12-23,13-23)6-15(29)9-31-16-2-3-18(24)19(25)5-16/h2-5,8H,6,9-13H2,1H3,(H,28,30). The number of aromatic nitrogens is 1. The van der Waals surface area contributed by atoms with Gasteiger partial charge >= 0.3 is 0 Å². The minimum atomic E-state index is -0.594. The monoisotopic (exact) mass is 457 g/mol. The van der Waals surface area contributed by atoms with Crippen molar-refractivity contribution in [2.45, 2.75) is 38.1 Å². The van der Waals surface area contributed by atoms with Crippen LogP contribution in [0.4, 0.5) is 4.39 Å². The number of hydrogen-bond donors (Lipinski definition) is 1. The lowest BCUT2D eigenvalue weighted by Gasteiger charge is -2.70. The lowest BCUT2D eigenvalue weighted by atomic mass is 9.38. The van der Waals surface area contributed by atoms with Gasteiger partial charge in [-0.25, -0.2) is 9.37 Å². The second-order valence-corrected chi connectivity index (χ2v) is 9.08. The van der Waals surface area contributed by atoms with Crippen LogP contribution >= 0.6 is 11.6 Å². The number of ether oxygens (including phenoxy) is 2. The summed E-state index contributed by atoms with van der Waals surface area (Å²) in [6, 6.07) is 7.69. The molecule has 2 aromatic rings. The maximum absolute atomic E-state index is 13.4. The molecule has 9 heteroatoms. The van der Waals surface area contributed by atoms with E-state index < -0.39 is 5.82 Å². The Kier molecular flexibility index (Phi) is 5.78. The highest BCUT2D eigenvalue weighted by molar-refractivity contribution is 6.30. The Bertz CT molecular complexity index is 1110. The minimum absolute atomic E-state index is 0.000951. The number of Topliss-reactive ketones (excluding diaryl/α,β-unsaturated/α-hetero) is 1. The van der Waals surface area contributed by atoms with Crippen molar-refractivity contribution in [3.05, 3.63) is 52.6 Å². The largest absolute Gasteiger partial charge is 0.486 e. The topological polar surface area (TPSA) is 101 Å². The zero-order valence-electron chi connectivity index (χ0n) is 17.4. The van der Waals surface area contributed by atoms with Crippen LogP contribution in [0.2, 0.25) is 5.02 Å². The Morgan fingerprint density at radius 3 is 2.59 bits per heavy atom. The molecular formula is C23H21ClFN3O4. The number of nitrogens with one attached hydrogen (secondary N) is 1. The van der Waals surface area contributed by atoms with E-state index in [1.54, 1.807) is 13.0 Å². The molecule has 32 heavy (non-hydrogen) atoms. The molecule has 0 unspecified atom stereocenters. The highest BCUT2D eigenvalue weighted by Gasteiger charge is 2.68. The van der Waals surface area contributed by atoms with E-state index in [0.717, 1.165) is 25.3 Å². The van der Waals surface area contributed by atoms with Crippen LogP contribution in [0, 0.1) is 29.5 Å². The van der Waals surface area contributed by atoms with Crippen molar-refractivity contribution in [1.29, 1.82) is 5.26 Å². The van der Waals surface area contributed by atoms with Crippen molar-refractivity contribution in [2.75, 3.05) is 13.2 Å². The fourth-order valence-electron chi connectivity index (χ4n) is 4.74. The molecule has 1 amide bonds. The molecule has 1 aromatic carbocycles. The molecule has 0 aliphatic heterocycles. The fraction of sp³-hybridized carbons (Fsp3) is 0.391. The zero-order chi connectivity index (χ0) is 22.9. The number of carbonyl (C=O) groups is 2. The third-order valence-corrected chi connectivity index (χ3v) is 6.24. The van der Waals surface area contributed by atoms with Gasteiger partial charge in [-0.3, -0.25) is 9.59 Å². The molecule has 7 nitrogen and oxygen atoms in total. The van der Waals surface area contributed by atoms with E-state index in [0.29, 0.717) is 23.4 Å². The number of benzene rings is 1. The summed E-state index contributed by atoms with van der Waals surface area (Å²) in [5, 5.41) is 11.9. The lowest BCUT2D eigenvalue weighted by molar-refractivity contribution is -0.173. The molecule has 0 radical (unpaired) electrons. The number of nitrogens with zero attached hydrogens (tertiary/aromatic N) is 2. The molecule has 3 fully saturated rings. The number of halogens is 2. The van der Waals surface area contributed by atoms with Crippen LogP contribution in [-0.2, 0) is 9.59 Å². The quantitative estimate of drug-likeness (QED) is 0.618. The van der Waals surface area contributed by atoms with E-state index >= 15 is 0 Å². The number of nitriles is 1. The number of ketones is 1. The lowest BCUT2D eigenvalue weighted by Crippen LogP contribution is -2.75. The number of hydrogen-bond acceptors (Lipinski definition) is 6. The van der Waals surface area contributed by atoms with E-state index in [-0.39, 0.29) is 46.6 Å². The Hall–Kier alpha value is -3.18. The first-order valence-electron chi connectivity index (χ1n) is 10.1. The third kappa shape index (κ3) is 4.53. The number of pyridine rings is 1. The second-order valence-electron chi connectivity index (χ2n) is 8.68. The normalized spacial score (nSPS) is 22.7. The average Bonchev–Trinajstić information content (AvgIpc) is 2.70. The van der Waals surface area contributed by atoms with Gasteiger partial charge in [-0.2, -0.15) is 5.26 Å². The van der Waals surface area contributed by atoms with Crippen molar-refractivity contribution in [1.82, 2.24) is 10.3 Å². The maximum atomic E-state index is 13.4. The van der Waals surface area contributed by atoms with Gasteiger partial charge in [-0.15, -0.1) is 0 Å². The average molecular weight is 458 g/mol. The van der Waals surface area contributed by atoms with Gasteiger partial charge in [0.1, 0.15) is 35.7 Å². The Morgan fingerprint density at radius 2 is 1.94 bits per heavy atom. The number of aryl methyl sites for hydroxylation is 1. The van der Waals surface area contributed by atoms with Gasteiger partial charge in [0.15, 0.2) is 12.4 Å². The zero-order valence-corrected chi connectivity index (χ0v) is 18.2. The number of amides is 1.